The van der Waals surface area contributed by atoms with Gasteiger partial charge in [-0.2, -0.15) is 0 Å². The molecule has 0 amide bonds. The van der Waals surface area contributed by atoms with E-state index in [4.69, 9.17) is 10.5 Å². The van der Waals surface area contributed by atoms with Crippen LogP contribution in [0.1, 0.15) is 13.8 Å². The number of nitrogens with zero attached hydrogens (tertiary/aromatic N) is 3. The second kappa shape index (κ2) is 4.85. The van der Waals surface area contributed by atoms with Crippen molar-refractivity contribution in [1.29, 1.82) is 0 Å². The first-order valence-corrected chi connectivity index (χ1v) is 6.50. The second-order valence-electron chi connectivity index (χ2n) is 4.85. The summed E-state index contributed by atoms with van der Waals surface area (Å²) in [5.74, 6) is 1.34. The highest BCUT2D eigenvalue weighted by molar-refractivity contribution is 5.89. The molecular weight excluding hydrogens is 252 g/mol. The van der Waals surface area contributed by atoms with Crippen LogP contribution in [0.5, 0.6) is 5.75 Å². The molecule has 0 aliphatic heterocycles. The fourth-order valence-corrected chi connectivity index (χ4v) is 2.12. The Morgan fingerprint density at radius 1 is 1.15 bits per heavy atom. The summed E-state index contributed by atoms with van der Waals surface area (Å²) in [4.78, 5) is 4.13. The summed E-state index contributed by atoms with van der Waals surface area (Å²) in [5, 5.41) is 5.27. The van der Waals surface area contributed by atoms with Gasteiger partial charge in [0.25, 0.3) is 0 Å². The van der Waals surface area contributed by atoms with Gasteiger partial charge in [0.2, 0.25) is 0 Å². The van der Waals surface area contributed by atoms with E-state index in [9.17, 15) is 0 Å². The number of hydrogen-bond donors (Lipinski definition) is 1. The van der Waals surface area contributed by atoms with Gasteiger partial charge < -0.3 is 10.5 Å². The predicted molar refractivity (Wildman–Crippen MR) is 79.0 cm³/mol. The van der Waals surface area contributed by atoms with Crippen molar-refractivity contribution in [3.8, 4) is 11.4 Å². The van der Waals surface area contributed by atoms with Crippen molar-refractivity contribution in [1.82, 2.24) is 14.8 Å². The average Bonchev–Trinajstić information content (AvgIpc) is 2.77. The third-order valence-corrected chi connectivity index (χ3v) is 2.96. The molecule has 3 aromatic rings. The molecule has 3 rings (SSSR count). The van der Waals surface area contributed by atoms with Crippen LogP contribution < -0.4 is 10.5 Å². The summed E-state index contributed by atoms with van der Waals surface area (Å²) in [6.45, 7) is 4.00. The summed E-state index contributed by atoms with van der Waals surface area (Å²) in [5.41, 5.74) is 7.74. The molecule has 0 saturated heterocycles. The number of nitrogens with two attached hydrogens (primary N) is 1. The first-order chi connectivity index (χ1) is 9.65. The number of hydrogen-bond acceptors (Lipinski definition) is 4. The van der Waals surface area contributed by atoms with Crippen molar-refractivity contribution in [3.63, 3.8) is 0 Å². The van der Waals surface area contributed by atoms with Crippen molar-refractivity contribution < 1.29 is 4.74 Å². The first-order valence-electron chi connectivity index (χ1n) is 6.50. The first kappa shape index (κ1) is 12.5. The fraction of sp³-hybridized carbons (Fsp3) is 0.200. The highest BCUT2D eigenvalue weighted by Crippen LogP contribution is 2.24. The normalized spacial score (nSPS) is 11.2. The van der Waals surface area contributed by atoms with E-state index in [0.29, 0.717) is 5.82 Å². The molecule has 2 N–H and O–H groups in total. The predicted octanol–water partition coefficient (Wildman–Crippen LogP) is 2.79. The van der Waals surface area contributed by atoms with E-state index in [1.807, 2.05) is 44.2 Å². The van der Waals surface area contributed by atoms with Crippen molar-refractivity contribution in [3.05, 3.63) is 42.7 Å². The minimum absolute atomic E-state index is 0.159. The van der Waals surface area contributed by atoms with Crippen LogP contribution in [0.2, 0.25) is 0 Å². The standard InChI is InChI=1S/C15H16N4O/c1-10(2)20-12-5-3-11(4-6-12)19-14-9-17-8-7-13(14)15(16)18-19/h3-10H,1-2H3,(H2,16,18). The van der Waals surface area contributed by atoms with Crippen LogP contribution in [0.15, 0.2) is 42.7 Å². The zero-order valence-corrected chi connectivity index (χ0v) is 11.4. The zero-order valence-electron chi connectivity index (χ0n) is 11.4. The highest BCUT2D eigenvalue weighted by Gasteiger charge is 2.09. The molecule has 5 heteroatoms. The maximum Gasteiger partial charge on any atom is 0.153 e. The van der Waals surface area contributed by atoms with E-state index >= 15 is 0 Å². The largest absolute Gasteiger partial charge is 0.491 e. The molecule has 0 aliphatic carbocycles. The maximum atomic E-state index is 5.93. The van der Waals surface area contributed by atoms with Crippen LogP contribution in [0.3, 0.4) is 0 Å². The van der Waals surface area contributed by atoms with Crippen molar-refractivity contribution in [2.75, 3.05) is 5.73 Å². The van der Waals surface area contributed by atoms with Crippen LogP contribution >= 0.6 is 0 Å². The SMILES string of the molecule is CC(C)Oc1ccc(-n2nc(N)c3ccncc32)cc1. The molecule has 0 aliphatic rings. The monoisotopic (exact) mass is 268 g/mol. The van der Waals surface area contributed by atoms with Gasteiger partial charge in [0, 0.05) is 11.6 Å². The molecule has 0 unspecified atom stereocenters. The lowest BCUT2D eigenvalue weighted by atomic mass is 10.3. The van der Waals surface area contributed by atoms with Crippen LogP contribution in [-0.4, -0.2) is 20.9 Å². The lowest BCUT2D eigenvalue weighted by Gasteiger charge is -2.10. The van der Waals surface area contributed by atoms with Gasteiger partial charge in [-0.25, -0.2) is 4.68 Å². The molecule has 1 aromatic carbocycles. The number of ether oxygens (including phenoxy) is 1. The Bertz CT molecular complexity index is 731. The van der Waals surface area contributed by atoms with Gasteiger partial charge in [0.1, 0.15) is 5.75 Å². The summed E-state index contributed by atoms with van der Waals surface area (Å²) in [6.07, 6.45) is 3.63. The number of anilines is 1. The van der Waals surface area contributed by atoms with Crippen LogP contribution in [0, 0.1) is 0 Å². The van der Waals surface area contributed by atoms with E-state index in [1.54, 1.807) is 17.1 Å². The van der Waals surface area contributed by atoms with Crippen molar-refractivity contribution in [2.24, 2.45) is 0 Å². The quantitative estimate of drug-likeness (QED) is 0.793. The maximum absolute atomic E-state index is 5.93. The topological polar surface area (TPSA) is 66.0 Å². The molecule has 0 radical (unpaired) electrons. The Morgan fingerprint density at radius 3 is 2.60 bits per heavy atom. The number of rotatable bonds is 3. The van der Waals surface area contributed by atoms with Crippen molar-refractivity contribution in [2.45, 2.75) is 20.0 Å². The van der Waals surface area contributed by atoms with Gasteiger partial charge in [-0.15, -0.1) is 5.10 Å². The fourth-order valence-electron chi connectivity index (χ4n) is 2.12. The van der Waals surface area contributed by atoms with Gasteiger partial charge in [0.15, 0.2) is 5.82 Å². The van der Waals surface area contributed by atoms with E-state index in [-0.39, 0.29) is 6.10 Å². The third kappa shape index (κ3) is 2.18. The van der Waals surface area contributed by atoms with Gasteiger partial charge in [-0.1, -0.05) is 0 Å². The molecule has 20 heavy (non-hydrogen) atoms. The van der Waals surface area contributed by atoms with Crippen LogP contribution in [0.25, 0.3) is 16.6 Å². The molecule has 5 nitrogen and oxygen atoms in total. The molecule has 0 atom stereocenters. The number of benzene rings is 1. The van der Waals surface area contributed by atoms with Gasteiger partial charge in [-0.3, -0.25) is 4.98 Å². The van der Waals surface area contributed by atoms with Gasteiger partial charge >= 0.3 is 0 Å². The summed E-state index contributed by atoms with van der Waals surface area (Å²) in [6, 6.07) is 9.63. The summed E-state index contributed by atoms with van der Waals surface area (Å²) >= 11 is 0. The highest BCUT2D eigenvalue weighted by atomic mass is 16.5. The molecule has 102 valence electrons. The number of pyridine rings is 1. The van der Waals surface area contributed by atoms with Crippen molar-refractivity contribution >= 4 is 16.7 Å². The van der Waals surface area contributed by atoms with E-state index in [2.05, 4.69) is 10.1 Å². The van der Waals surface area contributed by atoms with Crippen LogP contribution in [0.4, 0.5) is 5.82 Å². The molecule has 0 fully saturated rings. The van der Waals surface area contributed by atoms with E-state index < -0.39 is 0 Å². The average molecular weight is 268 g/mol. The minimum Gasteiger partial charge on any atom is -0.491 e. The van der Waals surface area contributed by atoms with E-state index in [0.717, 1.165) is 22.3 Å². The molecular formula is C15H16N4O. The smallest absolute Gasteiger partial charge is 0.153 e. The molecule has 0 bridgehead atoms. The lowest BCUT2D eigenvalue weighted by Crippen LogP contribution is -2.05. The Hall–Kier alpha value is -2.56. The van der Waals surface area contributed by atoms with Gasteiger partial charge in [-0.05, 0) is 44.2 Å². The Kier molecular flexibility index (Phi) is 3.02. The summed E-state index contributed by atoms with van der Waals surface area (Å²) < 4.78 is 7.42. The Balaban J connectivity index is 2.03. The van der Waals surface area contributed by atoms with Crippen LogP contribution in [-0.2, 0) is 0 Å². The zero-order chi connectivity index (χ0) is 14.1. The van der Waals surface area contributed by atoms with Gasteiger partial charge in [0.05, 0.1) is 23.5 Å². The molecule has 2 heterocycles. The lowest BCUT2D eigenvalue weighted by molar-refractivity contribution is 0.242. The Labute approximate surface area is 117 Å². The number of fused-ring (bicyclic) bond motifs is 1. The number of nitrogen functional groups attached to an aromatic ring is 1. The molecule has 2 aromatic heterocycles. The summed E-state index contributed by atoms with van der Waals surface area (Å²) in [7, 11) is 0. The number of aromatic nitrogens is 3. The third-order valence-electron chi connectivity index (χ3n) is 2.96. The van der Waals surface area contributed by atoms with E-state index in [1.165, 1.54) is 0 Å². The Morgan fingerprint density at radius 2 is 1.90 bits per heavy atom. The molecule has 0 saturated carbocycles. The molecule has 0 spiro atoms. The second-order valence-corrected chi connectivity index (χ2v) is 4.85. The minimum atomic E-state index is 0.159.